The Morgan fingerprint density at radius 3 is 2.47 bits per heavy atom. The number of fused-ring (bicyclic) bond motifs is 1. The maximum Gasteiger partial charge on any atom is 0.176 e. The fourth-order valence-electron chi connectivity index (χ4n) is 1.25. The molecular weight excluding hydrogens is 409 g/mol. The van der Waals surface area contributed by atoms with E-state index in [9.17, 15) is 0 Å². The van der Waals surface area contributed by atoms with Crippen molar-refractivity contribution in [2.75, 3.05) is 0 Å². The summed E-state index contributed by atoms with van der Waals surface area (Å²) in [5, 5.41) is 1.75. The van der Waals surface area contributed by atoms with Gasteiger partial charge < -0.3 is 0 Å². The first-order valence-electron chi connectivity index (χ1n) is 4.10. The third kappa shape index (κ3) is 2.73. The van der Waals surface area contributed by atoms with Gasteiger partial charge in [0, 0.05) is 10.4 Å². The molecule has 0 atom stereocenters. The molecule has 0 fully saturated rings. The summed E-state index contributed by atoms with van der Waals surface area (Å²) in [4.78, 5) is 4.49. The van der Waals surface area contributed by atoms with Crippen molar-refractivity contribution in [3.05, 3.63) is 41.0 Å². The largest absolute Gasteiger partial charge is 0.249 e. The number of hydrogen-bond acceptors (Lipinski definition) is 1. The van der Waals surface area contributed by atoms with Crippen LogP contribution in [0.25, 0.3) is 10.9 Å². The maximum absolute atomic E-state index is 5.89. The first kappa shape index (κ1) is 11.8. The predicted octanol–water partition coefficient (Wildman–Crippen LogP) is 5.18. The molecule has 1 heterocycles. The Morgan fingerprint density at radius 1 is 1.07 bits per heavy atom. The lowest BCUT2D eigenvalue weighted by atomic mass is 10.2. The van der Waals surface area contributed by atoms with Crippen molar-refractivity contribution < 1.29 is 0 Å². The van der Waals surface area contributed by atoms with Gasteiger partial charge in [-0.3, -0.25) is 0 Å². The summed E-state index contributed by atoms with van der Waals surface area (Å²) in [5.74, 6) is 0. The Morgan fingerprint density at radius 2 is 1.80 bits per heavy atom. The maximum atomic E-state index is 5.89. The van der Waals surface area contributed by atoms with Gasteiger partial charge in [-0.1, -0.05) is 65.5 Å². The van der Waals surface area contributed by atoms with Crippen LogP contribution in [0.2, 0.25) is 5.02 Å². The monoisotopic (exact) mass is 411 g/mol. The standard InChI is InChI=1S/C10H5Br3ClN/c11-10(12,13)9-4-1-6-5-7(14)2-3-8(6)15-9/h1-5H. The highest BCUT2D eigenvalue weighted by molar-refractivity contribution is 9.38. The Kier molecular flexibility index (Phi) is 3.41. The van der Waals surface area contributed by atoms with E-state index in [0.29, 0.717) is 0 Å². The van der Waals surface area contributed by atoms with E-state index in [1.165, 1.54) is 0 Å². The highest BCUT2D eigenvalue weighted by Gasteiger charge is 2.22. The van der Waals surface area contributed by atoms with Gasteiger partial charge >= 0.3 is 0 Å². The second-order valence-electron chi connectivity index (χ2n) is 3.03. The fourth-order valence-corrected chi connectivity index (χ4v) is 2.10. The van der Waals surface area contributed by atoms with Crippen LogP contribution >= 0.6 is 59.4 Å². The molecule has 0 saturated heterocycles. The summed E-state index contributed by atoms with van der Waals surface area (Å²) in [7, 11) is 0. The van der Waals surface area contributed by atoms with Gasteiger partial charge in [0.15, 0.2) is 2.14 Å². The quantitative estimate of drug-likeness (QED) is 0.542. The van der Waals surface area contributed by atoms with Gasteiger partial charge in [0.05, 0.1) is 11.2 Å². The number of aromatic nitrogens is 1. The van der Waals surface area contributed by atoms with Crippen molar-refractivity contribution in [3.63, 3.8) is 0 Å². The van der Waals surface area contributed by atoms with E-state index in [2.05, 4.69) is 52.8 Å². The average molecular weight is 414 g/mol. The van der Waals surface area contributed by atoms with E-state index in [1.54, 1.807) is 0 Å². The minimum absolute atomic E-state index is 0.471. The summed E-state index contributed by atoms with van der Waals surface area (Å²) in [6.45, 7) is 0. The molecule has 2 aromatic rings. The zero-order chi connectivity index (χ0) is 11.1. The first-order chi connectivity index (χ1) is 6.97. The summed E-state index contributed by atoms with van der Waals surface area (Å²) in [6.07, 6.45) is 0. The fraction of sp³-hybridized carbons (Fsp3) is 0.100. The SMILES string of the molecule is Clc1ccc2nc(C(Br)(Br)Br)ccc2c1. The molecule has 1 nitrogen and oxygen atoms in total. The van der Waals surface area contributed by atoms with Crippen molar-refractivity contribution in [1.82, 2.24) is 4.98 Å². The third-order valence-electron chi connectivity index (χ3n) is 1.94. The van der Waals surface area contributed by atoms with Gasteiger partial charge in [-0.05, 0) is 24.3 Å². The number of nitrogens with zero attached hydrogens (tertiary/aromatic N) is 1. The molecule has 1 aromatic carbocycles. The summed E-state index contributed by atoms with van der Waals surface area (Å²) < 4.78 is -0.471. The van der Waals surface area contributed by atoms with Crippen molar-refractivity contribution >= 4 is 70.3 Å². The smallest absolute Gasteiger partial charge is 0.176 e. The molecule has 0 aliphatic heterocycles. The normalized spacial score (nSPS) is 12.0. The number of alkyl halides is 3. The molecule has 0 N–H and O–H groups in total. The second kappa shape index (κ2) is 4.32. The van der Waals surface area contributed by atoms with Crippen molar-refractivity contribution in [2.45, 2.75) is 2.14 Å². The highest BCUT2D eigenvalue weighted by Crippen LogP contribution is 2.43. The van der Waals surface area contributed by atoms with E-state index >= 15 is 0 Å². The molecule has 5 heteroatoms. The van der Waals surface area contributed by atoms with Crippen LogP contribution in [0, 0.1) is 0 Å². The lowest BCUT2D eigenvalue weighted by Gasteiger charge is -2.11. The van der Waals surface area contributed by atoms with Crippen LogP contribution in [-0.4, -0.2) is 4.98 Å². The summed E-state index contributed by atoms with van der Waals surface area (Å²) in [5.41, 5.74) is 1.77. The van der Waals surface area contributed by atoms with Crippen molar-refractivity contribution in [3.8, 4) is 0 Å². The molecule has 78 valence electrons. The minimum atomic E-state index is -0.471. The number of hydrogen-bond donors (Lipinski definition) is 0. The van der Waals surface area contributed by atoms with Crippen LogP contribution in [0.5, 0.6) is 0 Å². The molecule has 0 unspecified atom stereocenters. The topological polar surface area (TPSA) is 12.9 Å². The molecule has 0 radical (unpaired) electrons. The predicted molar refractivity (Wildman–Crippen MR) is 75.2 cm³/mol. The van der Waals surface area contributed by atoms with Crippen LogP contribution in [0.3, 0.4) is 0 Å². The van der Waals surface area contributed by atoms with Crippen LogP contribution in [0.4, 0.5) is 0 Å². The van der Waals surface area contributed by atoms with Gasteiger partial charge in [0.25, 0.3) is 0 Å². The van der Waals surface area contributed by atoms with Crippen molar-refractivity contribution in [2.24, 2.45) is 0 Å². The van der Waals surface area contributed by atoms with Crippen LogP contribution in [-0.2, 0) is 2.14 Å². The summed E-state index contributed by atoms with van der Waals surface area (Å²) in [6, 6.07) is 9.55. The zero-order valence-corrected chi connectivity index (χ0v) is 12.9. The second-order valence-corrected chi connectivity index (χ2v) is 10.2. The zero-order valence-electron chi connectivity index (χ0n) is 7.35. The molecule has 0 saturated carbocycles. The van der Waals surface area contributed by atoms with Gasteiger partial charge in [0.1, 0.15) is 0 Å². The molecule has 15 heavy (non-hydrogen) atoms. The lowest BCUT2D eigenvalue weighted by Crippen LogP contribution is -2.00. The van der Waals surface area contributed by atoms with E-state index < -0.39 is 2.14 Å². The Hall–Kier alpha value is 0.360. The number of benzene rings is 1. The van der Waals surface area contributed by atoms with Gasteiger partial charge in [-0.25, -0.2) is 4.98 Å². The number of pyridine rings is 1. The molecule has 0 amide bonds. The molecule has 0 bridgehead atoms. The first-order valence-corrected chi connectivity index (χ1v) is 6.86. The Labute approximate surface area is 118 Å². The molecular formula is C10H5Br3ClN. The number of rotatable bonds is 0. The van der Waals surface area contributed by atoms with Crippen molar-refractivity contribution in [1.29, 1.82) is 0 Å². The van der Waals surface area contributed by atoms with Gasteiger partial charge in [-0.2, -0.15) is 0 Å². The summed E-state index contributed by atoms with van der Waals surface area (Å²) >= 11 is 16.2. The molecule has 0 spiro atoms. The van der Waals surface area contributed by atoms with E-state index in [-0.39, 0.29) is 0 Å². The molecule has 1 aromatic heterocycles. The number of halogens is 4. The van der Waals surface area contributed by atoms with Gasteiger partial charge in [0.2, 0.25) is 0 Å². The van der Waals surface area contributed by atoms with Crippen LogP contribution in [0.1, 0.15) is 5.69 Å². The molecule has 0 aliphatic carbocycles. The van der Waals surface area contributed by atoms with Crippen LogP contribution < -0.4 is 0 Å². The van der Waals surface area contributed by atoms with Crippen LogP contribution in [0.15, 0.2) is 30.3 Å². The molecule has 0 aliphatic rings. The third-order valence-corrected chi connectivity index (χ3v) is 3.40. The van der Waals surface area contributed by atoms with E-state index in [4.69, 9.17) is 11.6 Å². The van der Waals surface area contributed by atoms with E-state index in [1.807, 2.05) is 30.3 Å². The lowest BCUT2D eigenvalue weighted by molar-refractivity contribution is 1.20. The minimum Gasteiger partial charge on any atom is -0.249 e. The Bertz CT molecular complexity index is 507. The highest BCUT2D eigenvalue weighted by atomic mass is 80.0. The van der Waals surface area contributed by atoms with E-state index in [0.717, 1.165) is 21.6 Å². The molecule has 2 rings (SSSR count). The van der Waals surface area contributed by atoms with Gasteiger partial charge in [-0.15, -0.1) is 0 Å². The average Bonchev–Trinajstić information content (AvgIpc) is 2.15. The Balaban J connectivity index is 2.62.